The Morgan fingerprint density at radius 2 is 1.82 bits per heavy atom. The maximum absolute atomic E-state index is 12.6. The molecular weight excluding hydrogens is 388 g/mol. The Bertz CT molecular complexity index is 1240. The summed E-state index contributed by atoms with van der Waals surface area (Å²) in [7, 11) is -4.58. The van der Waals surface area contributed by atoms with Gasteiger partial charge in [0, 0.05) is 28.6 Å². The van der Waals surface area contributed by atoms with Crippen LogP contribution in [0.5, 0.6) is 5.75 Å². The lowest BCUT2D eigenvalue weighted by Crippen LogP contribution is -2.14. The Kier molecular flexibility index (Phi) is 4.75. The summed E-state index contributed by atoms with van der Waals surface area (Å²) in [6.45, 7) is 1.67. The van der Waals surface area contributed by atoms with Gasteiger partial charge < -0.3 is 10.4 Å². The third-order valence-electron chi connectivity index (χ3n) is 4.06. The normalized spacial score (nSPS) is 11.4. The first-order valence-electron chi connectivity index (χ1n) is 7.87. The first kappa shape index (κ1) is 19.3. The molecule has 0 saturated heterocycles. The van der Waals surface area contributed by atoms with Gasteiger partial charge in [0.1, 0.15) is 16.2 Å². The topological polar surface area (TPSA) is 147 Å². The summed E-state index contributed by atoms with van der Waals surface area (Å²) >= 11 is 0. The lowest BCUT2D eigenvalue weighted by molar-refractivity contribution is -0.385. The number of nitrogens with zero attached hydrogens (tertiary/aromatic N) is 1. The number of aryl methyl sites for hydroxylation is 1. The number of hydrogen-bond donors (Lipinski definition) is 3. The van der Waals surface area contributed by atoms with Gasteiger partial charge in [-0.2, -0.15) is 8.42 Å². The zero-order valence-corrected chi connectivity index (χ0v) is 15.2. The van der Waals surface area contributed by atoms with Crippen LogP contribution in [0.25, 0.3) is 10.8 Å². The molecule has 0 saturated carbocycles. The average molecular weight is 402 g/mol. The fraction of sp³-hybridized carbons (Fsp3) is 0.0556. The van der Waals surface area contributed by atoms with Gasteiger partial charge in [-0.3, -0.25) is 19.5 Å². The number of amides is 1. The van der Waals surface area contributed by atoms with Gasteiger partial charge in [0.15, 0.2) is 0 Å². The first-order chi connectivity index (χ1) is 13.1. The quantitative estimate of drug-likeness (QED) is 0.345. The lowest BCUT2D eigenvalue weighted by Gasteiger charge is -2.11. The summed E-state index contributed by atoms with van der Waals surface area (Å²) in [5, 5.41) is 23.9. The van der Waals surface area contributed by atoms with Crippen molar-refractivity contribution in [2.24, 2.45) is 0 Å². The standard InChI is InChI=1S/C18H14N2O7S/c1-10-5-6-15(20(23)24)14(7-10)18(22)19-11-8-13-12(16(21)9-11)3-2-4-17(13)28(25,26)27/h2-9,21H,1H3,(H,19,22)(H,25,26,27). The number of nitrogens with one attached hydrogen (secondary N) is 1. The second kappa shape index (κ2) is 6.91. The molecule has 9 nitrogen and oxygen atoms in total. The summed E-state index contributed by atoms with van der Waals surface area (Å²) in [5.41, 5.74) is 0.0482. The average Bonchev–Trinajstić information content (AvgIpc) is 2.60. The largest absolute Gasteiger partial charge is 0.507 e. The van der Waals surface area contributed by atoms with Crippen LogP contribution in [0.4, 0.5) is 11.4 Å². The van der Waals surface area contributed by atoms with Gasteiger partial charge in [0.05, 0.1) is 4.92 Å². The molecule has 0 aliphatic rings. The van der Waals surface area contributed by atoms with E-state index in [2.05, 4.69) is 5.32 Å². The number of rotatable bonds is 4. The zero-order valence-electron chi connectivity index (χ0n) is 14.4. The molecule has 3 rings (SSSR count). The number of nitro benzene ring substituents is 1. The minimum Gasteiger partial charge on any atom is -0.507 e. The van der Waals surface area contributed by atoms with Crippen molar-refractivity contribution in [3.8, 4) is 5.75 Å². The summed E-state index contributed by atoms with van der Waals surface area (Å²) < 4.78 is 32.5. The highest BCUT2D eigenvalue weighted by molar-refractivity contribution is 7.86. The molecule has 0 fully saturated rings. The number of carbonyl (C=O) groups is 1. The van der Waals surface area contributed by atoms with Crippen LogP contribution in [0.2, 0.25) is 0 Å². The van der Waals surface area contributed by atoms with Crippen molar-refractivity contribution in [3.05, 3.63) is 69.8 Å². The first-order valence-corrected chi connectivity index (χ1v) is 9.31. The van der Waals surface area contributed by atoms with Gasteiger partial charge >= 0.3 is 0 Å². The lowest BCUT2D eigenvalue weighted by atomic mass is 10.1. The summed E-state index contributed by atoms with van der Waals surface area (Å²) in [6.07, 6.45) is 0. The van der Waals surface area contributed by atoms with Crippen LogP contribution >= 0.6 is 0 Å². The number of benzene rings is 3. The van der Waals surface area contributed by atoms with Crippen LogP contribution in [-0.4, -0.2) is 28.9 Å². The van der Waals surface area contributed by atoms with E-state index in [4.69, 9.17) is 0 Å². The van der Waals surface area contributed by atoms with E-state index in [0.717, 1.165) is 6.07 Å². The smallest absolute Gasteiger partial charge is 0.295 e. The molecule has 0 aliphatic carbocycles. The monoisotopic (exact) mass is 402 g/mol. The number of aromatic hydroxyl groups is 1. The molecule has 3 aromatic carbocycles. The number of hydrogen-bond acceptors (Lipinski definition) is 6. The van der Waals surface area contributed by atoms with Gasteiger partial charge in [-0.05, 0) is 30.7 Å². The van der Waals surface area contributed by atoms with Crippen molar-refractivity contribution in [2.45, 2.75) is 11.8 Å². The van der Waals surface area contributed by atoms with Crippen molar-refractivity contribution >= 4 is 38.2 Å². The molecule has 0 bridgehead atoms. The highest BCUT2D eigenvalue weighted by Crippen LogP contribution is 2.33. The van der Waals surface area contributed by atoms with E-state index in [1.54, 1.807) is 6.92 Å². The van der Waals surface area contributed by atoms with Crippen molar-refractivity contribution in [2.75, 3.05) is 5.32 Å². The molecule has 0 aliphatic heterocycles. The van der Waals surface area contributed by atoms with E-state index >= 15 is 0 Å². The summed E-state index contributed by atoms with van der Waals surface area (Å²) in [5.74, 6) is -1.14. The Labute approximate surface area is 159 Å². The number of anilines is 1. The van der Waals surface area contributed by atoms with Gasteiger partial charge in [-0.1, -0.05) is 18.2 Å². The molecule has 3 aromatic rings. The minimum absolute atomic E-state index is 0.00176. The molecule has 10 heteroatoms. The number of phenols is 1. The van der Waals surface area contributed by atoms with E-state index in [0.29, 0.717) is 5.56 Å². The molecule has 0 heterocycles. The predicted molar refractivity (Wildman–Crippen MR) is 101 cm³/mol. The van der Waals surface area contributed by atoms with E-state index in [1.807, 2.05) is 0 Å². The van der Waals surface area contributed by atoms with Gasteiger partial charge in [-0.25, -0.2) is 0 Å². The summed E-state index contributed by atoms with van der Waals surface area (Å²) in [4.78, 5) is 22.6. The molecule has 28 heavy (non-hydrogen) atoms. The van der Waals surface area contributed by atoms with Crippen LogP contribution in [0, 0.1) is 17.0 Å². The maximum atomic E-state index is 12.6. The highest BCUT2D eigenvalue weighted by atomic mass is 32.2. The van der Waals surface area contributed by atoms with Crippen molar-refractivity contribution in [3.63, 3.8) is 0 Å². The van der Waals surface area contributed by atoms with Crippen LogP contribution in [0.1, 0.15) is 15.9 Å². The maximum Gasteiger partial charge on any atom is 0.295 e. The highest BCUT2D eigenvalue weighted by Gasteiger charge is 2.21. The van der Waals surface area contributed by atoms with Gasteiger partial charge in [-0.15, -0.1) is 0 Å². The van der Waals surface area contributed by atoms with E-state index in [1.165, 1.54) is 42.5 Å². The molecule has 0 spiro atoms. The Morgan fingerprint density at radius 1 is 1.11 bits per heavy atom. The molecule has 1 amide bonds. The van der Waals surface area contributed by atoms with E-state index < -0.39 is 31.5 Å². The third-order valence-corrected chi connectivity index (χ3v) is 4.98. The van der Waals surface area contributed by atoms with Crippen molar-refractivity contribution in [1.82, 2.24) is 0 Å². The second-order valence-corrected chi connectivity index (χ2v) is 7.44. The molecule has 3 N–H and O–H groups in total. The van der Waals surface area contributed by atoms with Crippen LogP contribution in [-0.2, 0) is 10.1 Å². The van der Waals surface area contributed by atoms with Gasteiger partial charge in [0.25, 0.3) is 21.7 Å². The molecule has 0 aromatic heterocycles. The number of nitro groups is 1. The van der Waals surface area contributed by atoms with Crippen molar-refractivity contribution < 1.29 is 27.8 Å². The second-order valence-electron chi connectivity index (χ2n) is 6.05. The molecule has 0 atom stereocenters. The SMILES string of the molecule is Cc1ccc([N+](=O)[O-])c(C(=O)Nc2cc(O)c3cccc(S(=O)(=O)O)c3c2)c1. The van der Waals surface area contributed by atoms with E-state index in [9.17, 15) is 33.0 Å². The number of fused-ring (bicyclic) bond motifs is 1. The van der Waals surface area contributed by atoms with Crippen LogP contribution in [0.15, 0.2) is 53.4 Å². The van der Waals surface area contributed by atoms with Crippen molar-refractivity contribution in [1.29, 1.82) is 0 Å². The van der Waals surface area contributed by atoms with Crippen LogP contribution < -0.4 is 5.32 Å². The molecular formula is C18H14N2O7S. The number of phenolic OH excluding ortho intramolecular Hbond substituents is 1. The van der Waals surface area contributed by atoms with Gasteiger partial charge in [0.2, 0.25) is 0 Å². The zero-order chi connectivity index (χ0) is 20.6. The van der Waals surface area contributed by atoms with E-state index in [-0.39, 0.29) is 27.8 Å². The third kappa shape index (κ3) is 3.63. The molecule has 0 unspecified atom stereocenters. The Hall–Kier alpha value is -3.50. The molecule has 0 radical (unpaired) electrons. The predicted octanol–water partition coefficient (Wildman–Crippen LogP) is 3.26. The fourth-order valence-corrected chi connectivity index (χ4v) is 3.52. The summed E-state index contributed by atoms with van der Waals surface area (Å²) in [6, 6.07) is 10.4. The fourth-order valence-electron chi connectivity index (χ4n) is 2.82. The Balaban J connectivity index is 2.10. The Morgan fingerprint density at radius 3 is 2.46 bits per heavy atom. The molecule has 144 valence electrons. The minimum atomic E-state index is -4.58. The number of carbonyl (C=O) groups excluding carboxylic acids is 1. The van der Waals surface area contributed by atoms with Crippen LogP contribution in [0.3, 0.4) is 0 Å².